The molecule has 0 N–H and O–H groups in total. The number of rotatable bonds is 7. The van der Waals surface area contributed by atoms with Gasteiger partial charge in [-0.15, -0.1) is 0 Å². The van der Waals surface area contributed by atoms with Crippen molar-refractivity contribution >= 4 is 17.5 Å². The van der Waals surface area contributed by atoms with Gasteiger partial charge >= 0.3 is 0 Å². The van der Waals surface area contributed by atoms with E-state index in [9.17, 15) is 9.59 Å². The minimum Gasteiger partial charge on any atom is -0.497 e. The minimum absolute atomic E-state index is 0.00620. The number of hydrogen-bond acceptors (Lipinski definition) is 6. The molecule has 0 spiro atoms. The van der Waals surface area contributed by atoms with Crippen LogP contribution in [0.15, 0.2) is 36.4 Å². The second-order valence-electron chi connectivity index (χ2n) is 8.24. The van der Waals surface area contributed by atoms with Gasteiger partial charge in [0.15, 0.2) is 11.5 Å². The number of hydrogen-bond donors (Lipinski definition) is 0. The van der Waals surface area contributed by atoms with Crippen molar-refractivity contribution in [1.82, 2.24) is 4.90 Å². The molecule has 4 rings (SSSR count). The average Bonchev–Trinajstić information content (AvgIpc) is 3.49. The van der Waals surface area contributed by atoms with Gasteiger partial charge < -0.3 is 28.7 Å². The molecule has 0 unspecified atom stereocenters. The molecule has 0 saturated carbocycles. The van der Waals surface area contributed by atoms with Crippen LogP contribution in [0.1, 0.15) is 30.9 Å². The van der Waals surface area contributed by atoms with Gasteiger partial charge in [0.25, 0.3) is 0 Å². The van der Waals surface area contributed by atoms with Gasteiger partial charge in [-0.3, -0.25) is 9.59 Å². The van der Waals surface area contributed by atoms with Gasteiger partial charge in [-0.05, 0) is 37.1 Å². The Bertz CT molecular complexity index is 1040. The van der Waals surface area contributed by atoms with E-state index in [1.54, 1.807) is 45.5 Å². The molecule has 2 saturated heterocycles. The van der Waals surface area contributed by atoms with E-state index in [-0.39, 0.29) is 24.3 Å². The Morgan fingerprint density at radius 1 is 0.909 bits per heavy atom. The molecule has 2 fully saturated rings. The summed E-state index contributed by atoms with van der Waals surface area (Å²) in [6.07, 6.45) is 1.95. The van der Waals surface area contributed by atoms with Crippen LogP contribution in [-0.4, -0.2) is 58.2 Å². The first-order chi connectivity index (χ1) is 16.0. The first-order valence-corrected chi connectivity index (χ1v) is 11.1. The van der Waals surface area contributed by atoms with E-state index >= 15 is 0 Å². The van der Waals surface area contributed by atoms with Gasteiger partial charge in [0.1, 0.15) is 11.5 Å². The quantitative estimate of drug-likeness (QED) is 0.638. The molecule has 0 aromatic heterocycles. The number of nitrogens with zero attached hydrogens (tertiary/aromatic N) is 2. The fraction of sp³-hybridized carbons (Fsp3) is 0.440. The summed E-state index contributed by atoms with van der Waals surface area (Å²) in [6.45, 7) is 1.01. The number of carbonyl (C=O) groups excluding carboxylic acids is 2. The second-order valence-corrected chi connectivity index (χ2v) is 8.24. The normalized spacial score (nSPS) is 20.2. The molecule has 2 aromatic carbocycles. The van der Waals surface area contributed by atoms with Crippen LogP contribution in [0.3, 0.4) is 0 Å². The maximum absolute atomic E-state index is 13.5. The lowest BCUT2D eigenvalue weighted by Gasteiger charge is -2.29. The molecule has 8 heteroatoms. The number of benzene rings is 2. The third kappa shape index (κ3) is 4.29. The van der Waals surface area contributed by atoms with Crippen LogP contribution in [0, 0.1) is 5.92 Å². The van der Waals surface area contributed by atoms with Gasteiger partial charge in [-0.25, -0.2) is 0 Å². The first-order valence-electron chi connectivity index (χ1n) is 11.1. The number of amides is 2. The summed E-state index contributed by atoms with van der Waals surface area (Å²) < 4.78 is 21.5. The zero-order chi connectivity index (χ0) is 23.5. The fourth-order valence-electron chi connectivity index (χ4n) is 4.80. The molecular formula is C25H30N2O6. The third-order valence-corrected chi connectivity index (χ3v) is 6.49. The predicted octanol–water partition coefficient (Wildman–Crippen LogP) is 3.44. The van der Waals surface area contributed by atoms with Crippen LogP contribution >= 0.6 is 0 Å². The van der Waals surface area contributed by atoms with Crippen molar-refractivity contribution in [3.05, 3.63) is 42.0 Å². The van der Waals surface area contributed by atoms with Gasteiger partial charge in [-0.1, -0.05) is 0 Å². The van der Waals surface area contributed by atoms with Crippen LogP contribution in [0.25, 0.3) is 0 Å². The molecule has 2 heterocycles. The van der Waals surface area contributed by atoms with Crippen molar-refractivity contribution in [2.45, 2.75) is 25.3 Å². The number of methoxy groups -OCH3 is 4. The van der Waals surface area contributed by atoms with Gasteiger partial charge in [0.2, 0.25) is 11.8 Å². The number of likely N-dealkylation sites (tertiary alicyclic amines) is 1. The molecule has 176 valence electrons. The van der Waals surface area contributed by atoms with Gasteiger partial charge in [-0.2, -0.15) is 0 Å². The summed E-state index contributed by atoms with van der Waals surface area (Å²) in [7, 11) is 6.36. The summed E-state index contributed by atoms with van der Waals surface area (Å²) in [6, 6.07) is 11.0. The Morgan fingerprint density at radius 2 is 1.67 bits per heavy atom. The smallest absolute Gasteiger partial charge is 0.228 e. The number of carbonyl (C=O) groups is 2. The Morgan fingerprint density at radius 3 is 2.36 bits per heavy atom. The maximum atomic E-state index is 13.5. The third-order valence-electron chi connectivity index (χ3n) is 6.49. The van der Waals surface area contributed by atoms with Crippen molar-refractivity contribution < 1.29 is 28.5 Å². The topological polar surface area (TPSA) is 77.5 Å². The van der Waals surface area contributed by atoms with Crippen molar-refractivity contribution in [2.24, 2.45) is 5.92 Å². The van der Waals surface area contributed by atoms with E-state index < -0.39 is 5.92 Å². The number of ether oxygens (including phenoxy) is 4. The minimum atomic E-state index is -0.393. The van der Waals surface area contributed by atoms with E-state index in [4.69, 9.17) is 18.9 Å². The molecule has 2 amide bonds. The van der Waals surface area contributed by atoms with Crippen molar-refractivity contribution in [3.63, 3.8) is 0 Å². The van der Waals surface area contributed by atoms with Gasteiger partial charge in [0.05, 0.1) is 40.4 Å². The summed E-state index contributed by atoms with van der Waals surface area (Å²) >= 11 is 0. The zero-order valence-electron chi connectivity index (χ0n) is 19.5. The van der Waals surface area contributed by atoms with Crippen molar-refractivity contribution in [1.29, 1.82) is 0 Å². The largest absolute Gasteiger partial charge is 0.497 e. The Balaban J connectivity index is 1.53. The highest BCUT2D eigenvalue weighted by Crippen LogP contribution is 2.41. The van der Waals surface area contributed by atoms with Gasteiger partial charge in [0, 0.05) is 42.9 Å². The second kappa shape index (κ2) is 9.60. The van der Waals surface area contributed by atoms with Crippen LogP contribution in [-0.2, 0) is 9.59 Å². The van der Waals surface area contributed by atoms with Crippen molar-refractivity contribution in [2.75, 3.05) is 46.4 Å². The fourth-order valence-corrected chi connectivity index (χ4v) is 4.80. The molecular weight excluding hydrogens is 424 g/mol. The summed E-state index contributed by atoms with van der Waals surface area (Å²) in [5, 5.41) is 0. The molecule has 0 bridgehead atoms. The monoisotopic (exact) mass is 454 g/mol. The molecule has 2 aromatic rings. The van der Waals surface area contributed by atoms with E-state index in [1.807, 2.05) is 29.2 Å². The maximum Gasteiger partial charge on any atom is 0.228 e. The highest BCUT2D eigenvalue weighted by Gasteiger charge is 2.41. The van der Waals surface area contributed by atoms with Crippen molar-refractivity contribution in [3.8, 4) is 23.0 Å². The molecule has 0 aliphatic carbocycles. The zero-order valence-corrected chi connectivity index (χ0v) is 19.5. The Kier molecular flexibility index (Phi) is 6.62. The highest BCUT2D eigenvalue weighted by molar-refractivity contribution is 6.00. The Hall–Kier alpha value is -3.42. The van der Waals surface area contributed by atoms with Crippen LogP contribution in [0.4, 0.5) is 5.69 Å². The van der Waals surface area contributed by atoms with E-state index in [0.29, 0.717) is 41.8 Å². The molecule has 2 aliphatic rings. The van der Waals surface area contributed by atoms with E-state index in [2.05, 4.69) is 0 Å². The predicted molar refractivity (Wildman–Crippen MR) is 123 cm³/mol. The summed E-state index contributed by atoms with van der Waals surface area (Å²) in [4.78, 5) is 29.9. The summed E-state index contributed by atoms with van der Waals surface area (Å²) in [5.74, 6) is 2.09. The highest BCUT2D eigenvalue weighted by atomic mass is 16.5. The SMILES string of the molecule is COc1ccc([C@@H]2CCCN2C(=O)[C@H]2CC(=O)N(c3ccc(OC)c(OC)c3)C2)c(OC)c1. The van der Waals surface area contributed by atoms with Crippen LogP contribution in [0.5, 0.6) is 23.0 Å². The first kappa shape index (κ1) is 22.8. The standard InChI is InChI=1S/C25H30N2O6/c1-30-18-8-9-19(22(14-18)32-3)20-6-5-11-26(20)25(29)16-12-24(28)27(15-16)17-7-10-21(31-2)23(13-17)33-4/h7-10,13-14,16,20H,5-6,11-12,15H2,1-4H3/t16-,20-/m0/s1. The van der Waals surface area contributed by atoms with E-state index in [1.165, 1.54) is 0 Å². The number of anilines is 1. The lowest BCUT2D eigenvalue weighted by Crippen LogP contribution is -2.37. The van der Waals surface area contributed by atoms with Crippen LogP contribution in [0.2, 0.25) is 0 Å². The van der Waals surface area contributed by atoms with Crippen LogP contribution < -0.4 is 23.8 Å². The molecule has 2 atom stereocenters. The average molecular weight is 455 g/mol. The summed E-state index contributed by atoms with van der Waals surface area (Å²) in [5.41, 5.74) is 1.66. The van der Waals surface area contributed by atoms with E-state index in [0.717, 1.165) is 18.4 Å². The lowest BCUT2D eigenvalue weighted by molar-refractivity contribution is -0.136. The molecule has 2 aliphatic heterocycles. The molecule has 33 heavy (non-hydrogen) atoms. The molecule has 8 nitrogen and oxygen atoms in total. The Labute approximate surface area is 194 Å². The molecule has 0 radical (unpaired) electrons. The lowest BCUT2D eigenvalue weighted by atomic mass is 10.0.